The summed E-state index contributed by atoms with van der Waals surface area (Å²) < 4.78 is 40.6. The van der Waals surface area contributed by atoms with E-state index in [1.165, 1.54) is 33.5 Å². The van der Waals surface area contributed by atoms with Gasteiger partial charge < -0.3 is 14.2 Å². The topological polar surface area (TPSA) is 95.0 Å². The average molecular weight is 380 g/mol. The maximum atomic E-state index is 12.8. The van der Waals surface area contributed by atoms with Crippen LogP contribution in [0.15, 0.2) is 36.4 Å². The van der Waals surface area contributed by atoms with Gasteiger partial charge in [-0.1, -0.05) is 18.2 Å². The number of sulfonamides is 1. The van der Waals surface area contributed by atoms with E-state index in [-0.39, 0.29) is 23.9 Å². The predicted molar refractivity (Wildman–Crippen MR) is 96.4 cm³/mol. The second kappa shape index (κ2) is 8.05. The third-order valence-corrected chi connectivity index (χ3v) is 4.59. The molecule has 0 aliphatic heterocycles. The molecule has 9 heteroatoms. The lowest BCUT2D eigenvalue weighted by atomic mass is 10.1. The smallest absolute Gasteiger partial charge is 0.245 e. The highest BCUT2D eigenvalue weighted by Crippen LogP contribution is 2.31. The number of amides is 1. The number of carbonyl (C=O) groups is 1. The van der Waals surface area contributed by atoms with Gasteiger partial charge in [0.25, 0.3) is 0 Å². The van der Waals surface area contributed by atoms with E-state index in [1.54, 1.807) is 24.3 Å². The number of benzene rings is 1. The molecule has 0 aliphatic carbocycles. The molecule has 2 rings (SSSR count). The minimum atomic E-state index is -3.93. The van der Waals surface area contributed by atoms with Crippen molar-refractivity contribution in [3.05, 3.63) is 42.0 Å². The largest absolute Gasteiger partial charge is 0.496 e. The van der Waals surface area contributed by atoms with Crippen LogP contribution < -0.4 is 18.5 Å². The normalized spacial score (nSPS) is 10.9. The zero-order valence-corrected chi connectivity index (χ0v) is 15.7. The quantitative estimate of drug-likeness (QED) is 0.721. The van der Waals surface area contributed by atoms with E-state index in [9.17, 15) is 13.2 Å². The molecule has 1 heterocycles. The predicted octanol–water partition coefficient (Wildman–Crippen LogP) is 1.64. The van der Waals surface area contributed by atoms with Crippen LogP contribution in [-0.4, -0.2) is 46.9 Å². The van der Waals surface area contributed by atoms with Gasteiger partial charge in [-0.2, -0.15) is 4.98 Å². The number of methoxy groups -OCH3 is 3. The molecule has 1 amide bonds. The van der Waals surface area contributed by atoms with Crippen molar-refractivity contribution in [1.29, 1.82) is 0 Å². The first-order valence-electron chi connectivity index (χ1n) is 7.55. The fourth-order valence-electron chi connectivity index (χ4n) is 2.42. The number of pyridine rings is 1. The summed E-state index contributed by atoms with van der Waals surface area (Å²) in [5.41, 5.74) is 0.574. The summed E-state index contributed by atoms with van der Waals surface area (Å²) in [6.45, 7) is 0. The van der Waals surface area contributed by atoms with Crippen molar-refractivity contribution in [2.24, 2.45) is 0 Å². The van der Waals surface area contributed by atoms with Gasteiger partial charge in [-0.15, -0.1) is 0 Å². The molecule has 0 atom stereocenters. The fraction of sp³-hybridized carbons (Fsp3) is 0.294. The maximum absolute atomic E-state index is 12.8. The average Bonchev–Trinajstić information content (AvgIpc) is 2.61. The SMILES string of the molecule is COc1ccc(N(C(=O)Cc2ccccc2OC)S(C)(=O)=O)c(OC)n1. The Morgan fingerprint density at radius 3 is 2.31 bits per heavy atom. The highest BCUT2D eigenvalue weighted by Gasteiger charge is 2.29. The highest BCUT2D eigenvalue weighted by atomic mass is 32.2. The molecule has 0 bridgehead atoms. The van der Waals surface area contributed by atoms with Crippen LogP contribution in [-0.2, 0) is 21.2 Å². The number of ether oxygens (including phenoxy) is 3. The van der Waals surface area contributed by atoms with Crippen molar-refractivity contribution < 1.29 is 27.4 Å². The van der Waals surface area contributed by atoms with E-state index in [2.05, 4.69) is 4.98 Å². The molecular weight excluding hydrogens is 360 g/mol. The lowest BCUT2D eigenvalue weighted by molar-refractivity contribution is -0.116. The van der Waals surface area contributed by atoms with Gasteiger partial charge in [-0.3, -0.25) is 4.79 Å². The Morgan fingerprint density at radius 1 is 1.04 bits per heavy atom. The highest BCUT2D eigenvalue weighted by molar-refractivity contribution is 7.92. The molecule has 2 aromatic rings. The fourth-order valence-corrected chi connectivity index (χ4v) is 3.35. The molecule has 1 aromatic heterocycles. The molecule has 26 heavy (non-hydrogen) atoms. The van der Waals surface area contributed by atoms with E-state index >= 15 is 0 Å². The van der Waals surface area contributed by atoms with Gasteiger partial charge in [-0.05, 0) is 12.1 Å². The molecule has 0 radical (unpaired) electrons. The van der Waals surface area contributed by atoms with Crippen molar-refractivity contribution in [3.8, 4) is 17.5 Å². The second-order valence-corrected chi connectivity index (χ2v) is 7.12. The van der Waals surface area contributed by atoms with Gasteiger partial charge >= 0.3 is 0 Å². The molecule has 0 saturated heterocycles. The maximum Gasteiger partial charge on any atom is 0.245 e. The Morgan fingerprint density at radius 2 is 1.73 bits per heavy atom. The zero-order valence-electron chi connectivity index (χ0n) is 14.9. The van der Waals surface area contributed by atoms with Crippen LogP contribution in [0, 0.1) is 0 Å². The van der Waals surface area contributed by atoms with Gasteiger partial charge in [0.1, 0.15) is 11.4 Å². The standard InChI is InChI=1S/C17H20N2O6S/c1-23-14-8-6-5-7-12(14)11-16(20)19(26(4,21)22)13-9-10-15(24-2)18-17(13)25-3/h5-10H,11H2,1-4H3. The van der Waals surface area contributed by atoms with Crippen molar-refractivity contribution >= 4 is 21.6 Å². The Balaban J connectivity index is 2.47. The summed E-state index contributed by atoms with van der Waals surface area (Å²) in [5, 5.41) is 0. The summed E-state index contributed by atoms with van der Waals surface area (Å²) in [5.74, 6) is 0.0239. The molecule has 0 unspecified atom stereocenters. The van der Waals surface area contributed by atoms with Crippen molar-refractivity contribution in [2.45, 2.75) is 6.42 Å². The molecule has 0 saturated carbocycles. The van der Waals surface area contributed by atoms with Gasteiger partial charge in [0.05, 0.1) is 34.0 Å². The molecule has 0 N–H and O–H groups in total. The first-order chi connectivity index (χ1) is 12.3. The van der Waals surface area contributed by atoms with Crippen LogP contribution in [0.2, 0.25) is 0 Å². The first-order valence-corrected chi connectivity index (χ1v) is 9.40. The Hall–Kier alpha value is -2.81. The number of para-hydroxylation sites is 1. The van der Waals surface area contributed by atoms with Crippen molar-refractivity contribution in [2.75, 3.05) is 31.9 Å². The summed E-state index contributed by atoms with van der Waals surface area (Å²) >= 11 is 0. The van der Waals surface area contributed by atoms with E-state index in [0.29, 0.717) is 15.6 Å². The lowest BCUT2D eigenvalue weighted by Crippen LogP contribution is -2.37. The van der Waals surface area contributed by atoms with Crippen LogP contribution in [0.4, 0.5) is 5.69 Å². The summed E-state index contributed by atoms with van der Waals surface area (Å²) in [6, 6.07) is 9.75. The van der Waals surface area contributed by atoms with E-state index in [0.717, 1.165) is 6.26 Å². The number of nitrogens with zero attached hydrogens (tertiary/aromatic N) is 2. The molecule has 0 fully saturated rings. The number of rotatable bonds is 7. The van der Waals surface area contributed by atoms with Crippen LogP contribution in [0.3, 0.4) is 0 Å². The van der Waals surface area contributed by atoms with Gasteiger partial charge in [-0.25, -0.2) is 12.7 Å². The van der Waals surface area contributed by atoms with Crippen LogP contribution in [0.1, 0.15) is 5.56 Å². The van der Waals surface area contributed by atoms with E-state index in [1.807, 2.05) is 0 Å². The minimum absolute atomic E-state index is 0.00991. The number of aromatic nitrogens is 1. The van der Waals surface area contributed by atoms with Crippen molar-refractivity contribution in [1.82, 2.24) is 4.98 Å². The Kier molecular flexibility index (Phi) is 6.04. The molecule has 0 spiro atoms. The van der Waals surface area contributed by atoms with E-state index < -0.39 is 15.9 Å². The number of hydrogen-bond acceptors (Lipinski definition) is 7. The number of hydrogen-bond donors (Lipinski definition) is 0. The Labute approximate surface area is 152 Å². The minimum Gasteiger partial charge on any atom is -0.496 e. The number of carbonyl (C=O) groups excluding carboxylic acids is 1. The summed E-state index contributed by atoms with van der Waals surface area (Å²) in [4.78, 5) is 16.9. The Bertz CT molecular complexity index is 898. The molecule has 8 nitrogen and oxygen atoms in total. The molecular formula is C17H20N2O6S. The van der Waals surface area contributed by atoms with Gasteiger partial charge in [0.15, 0.2) is 0 Å². The zero-order chi connectivity index (χ0) is 19.3. The van der Waals surface area contributed by atoms with Crippen LogP contribution in [0.5, 0.6) is 17.5 Å². The summed E-state index contributed by atoms with van der Waals surface area (Å²) in [7, 11) is 0.302. The van der Waals surface area contributed by atoms with Gasteiger partial charge in [0.2, 0.25) is 27.7 Å². The third-order valence-electron chi connectivity index (χ3n) is 3.53. The van der Waals surface area contributed by atoms with Gasteiger partial charge in [0, 0.05) is 11.6 Å². The second-order valence-electron chi connectivity index (χ2n) is 5.29. The van der Waals surface area contributed by atoms with Crippen molar-refractivity contribution in [3.63, 3.8) is 0 Å². The lowest BCUT2D eigenvalue weighted by Gasteiger charge is -2.22. The summed E-state index contributed by atoms with van der Waals surface area (Å²) in [6.07, 6.45) is 0.767. The molecule has 1 aromatic carbocycles. The number of anilines is 1. The van der Waals surface area contributed by atoms with Crippen LogP contribution in [0.25, 0.3) is 0 Å². The molecule has 140 valence electrons. The molecule has 0 aliphatic rings. The van der Waals surface area contributed by atoms with Crippen LogP contribution >= 0.6 is 0 Å². The first kappa shape index (κ1) is 19.5. The third kappa shape index (κ3) is 4.23. The van der Waals surface area contributed by atoms with E-state index in [4.69, 9.17) is 14.2 Å². The monoisotopic (exact) mass is 380 g/mol.